The van der Waals surface area contributed by atoms with Crippen molar-refractivity contribution in [3.63, 3.8) is 0 Å². The number of aliphatic hydroxyl groups excluding tert-OH is 1. The van der Waals surface area contributed by atoms with Gasteiger partial charge in [-0.2, -0.15) is 0 Å². The summed E-state index contributed by atoms with van der Waals surface area (Å²) >= 11 is 0. The summed E-state index contributed by atoms with van der Waals surface area (Å²) in [5.74, 6) is -2.72. The minimum absolute atomic E-state index is 0.136. The maximum atomic E-state index is 12.7. The van der Waals surface area contributed by atoms with Gasteiger partial charge in [0.1, 0.15) is 6.61 Å². The standard InChI is InChI=1S/C8H14F2O2/c1-7(5-11)3-2-4-8(9,10)6-12-7/h11H,2-6H2,1H3/t7-/m1/s1. The highest BCUT2D eigenvalue weighted by molar-refractivity contribution is 4.81. The van der Waals surface area contributed by atoms with Crippen molar-refractivity contribution in [2.45, 2.75) is 37.7 Å². The molecule has 1 fully saturated rings. The molecule has 0 bridgehead atoms. The molecule has 0 aromatic carbocycles. The Bertz CT molecular complexity index is 161. The summed E-state index contributed by atoms with van der Waals surface area (Å²) in [4.78, 5) is 0. The van der Waals surface area contributed by atoms with Crippen molar-refractivity contribution in [1.82, 2.24) is 0 Å². The third-order valence-corrected chi connectivity index (χ3v) is 2.21. The van der Waals surface area contributed by atoms with Gasteiger partial charge in [-0.25, -0.2) is 8.78 Å². The molecule has 4 heteroatoms. The van der Waals surface area contributed by atoms with Crippen LogP contribution in [0.25, 0.3) is 0 Å². The molecule has 0 aromatic rings. The highest BCUT2D eigenvalue weighted by Crippen LogP contribution is 2.31. The third kappa shape index (κ3) is 2.38. The molecule has 12 heavy (non-hydrogen) atoms. The molecule has 0 amide bonds. The van der Waals surface area contributed by atoms with E-state index in [1.165, 1.54) is 0 Å². The van der Waals surface area contributed by atoms with Crippen molar-refractivity contribution >= 4 is 0 Å². The predicted molar refractivity (Wildman–Crippen MR) is 40.2 cm³/mol. The predicted octanol–water partition coefficient (Wildman–Crippen LogP) is 1.57. The molecule has 2 nitrogen and oxygen atoms in total. The minimum atomic E-state index is -2.72. The van der Waals surface area contributed by atoms with Crippen molar-refractivity contribution in [1.29, 1.82) is 0 Å². The fourth-order valence-corrected chi connectivity index (χ4v) is 1.27. The van der Waals surface area contributed by atoms with Crippen LogP contribution in [0.15, 0.2) is 0 Å². The summed E-state index contributed by atoms with van der Waals surface area (Å²) in [6.45, 7) is 0.904. The van der Waals surface area contributed by atoms with Gasteiger partial charge in [-0.3, -0.25) is 0 Å². The second kappa shape index (κ2) is 3.26. The van der Waals surface area contributed by atoms with Gasteiger partial charge in [0.2, 0.25) is 0 Å². The van der Waals surface area contributed by atoms with Crippen LogP contribution in [0.1, 0.15) is 26.2 Å². The molecule has 1 saturated heterocycles. The van der Waals surface area contributed by atoms with E-state index in [4.69, 9.17) is 9.84 Å². The normalized spacial score (nSPS) is 36.0. The Morgan fingerprint density at radius 2 is 2.08 bits per heavy atom. The molecule has 0 aromatic heterocycles. The topological polar surface area (TPSA) is 29.5 Å². The van der Waals surface area contributed by atoms with Crippen molar-refractivity contribution in [3.8, 4) is 0 Å². The molecule has 0 spiro atoms. The zero-order valence-electron chi connectivity index (χ0n) is 7.15. The molecule has 0 unspecified atom stereocenters. The first-order chi connectivity index (χ1) is 5.47. The summed E-state index contributed by atoms with van der Waals surface area (Å²) in [5, 5.41) is 8.88. The van der Waals surface area contributed by atoms with Gasteiger partial charge in [-0.15, -0.1) is 0 Å². The Hall–Kier alpha value is -0.220. The number of halogens is 2. The lowest BCUT2D eigenvalue weighted by atomic mass is 10.0. The lowest BCUT2D eigenvalue weighted by Crippen LogP contribution is -2.34. The molecule has 1 aliphatic heterocycles. The van der Waals surface area contributed by atoms with Crippen LogP contribution in [0.5, 0.6) is 0 Å². The van der Waals surface area contributed by atoms with Crippen LogP contribution in [0.3, 0.4) is 0 Å². The summed E-state index contributed by atoms with van der Waals surface area (Å²) in [6.07, 6.45) is 0.770. The fourth-order valence-electron chi connectivity index (χ4n) is 1.27. The summed E-state index contributed by atoms with van der Waals surface area (Å²) in [7, 11) is 0. The molecule has 0 aliphatic carbocycles. The average molecular weight is 180 g/mol. The number of rotatable bonds is 1. The monoisotopic (exact) mass is 180 g/mol. The highest BCUT2D eigenvalue weighted by Gasteiger charge is 2.37. The summed E-state index contributed by atoms with van der Waals surface area (Å²) < 4.78 is 30.4. The molecule has 1 N–H and O–H groups in total. The fraction of sp³-hybridized carbons (Fsp3) is 1.00. The van der Waals surface area contributed by atoms with E-state index >= 15 is 0 Å². The molecule has 0 radical (unpaired) electrons. The zero-order chi connectivity index (χ0) is 9.24. The van der Waals surface area contributed by atoms with Crippen LogP contribution in [0.4, 0.5) is 8.78 Å². The van der Waals surface area contributed by atoms with Gasteiger partial charge in [0.25, 0.3) is 5.92 Å². The van der Waals surface area contributed by atoms with Crippen LogP contribution < -0.4 is 0 Å². The quantitative estimate of drug-likeness (QED) is 0.663. The van der Waals surface area contributed by atoms with Crippen molar-refractivity contribution in [2.24, 2.45) is 0 Å². The van der Waals surface area contributed by atoms with E-state index in [1.807, 2.05) is 0 Å². The van der Waals surface area contributed by atoms with Crippen molar-refractivity contribution in [2.75, 3.05) is 13.2 Å². The summed E-state index contributed by atoms with van der Waals surface area (Å²) in [6, 6.07) is 0. The van der Waals surface area contributed by atoms with Gasteiger partial charge >= 0.3 is 0 Å². The summed E-state index contributed by atoms with van der Waals surface area (Å²) in [5.41, 5.74) is -0.764. The lowest BCUT2D eigenvalue weighted by molar-refractivity contribution is -0.131. The smallest absolute Gasteiger partial charge is 0.271 e. The number of aliphatic hydroxyl groups is 1. The van der Waals surface area contributed by atoms with Crippen LogP contribution in [0, 0.1) is 0 Å². The first-order valence-electron chi connectivity index (χ1n) is 4.10. The largest absolute Gasteiger partial charge is 0.393 e. The number of alkyl halides is 2. The highest BCUT2D eigenvalue weighted by atomic mass is 19.3. The second-order valence-electron chi connectivity index (χ2n) is 3.61. The van der Waals surface area contributed by atoms with E-state index in [-0.39, 0.29) is 13.0 Å². The Morgan fingerprint density at radius 3 is 2.67 bits per heavy atom. The Morgan fingerprint density at radius 1 is 1.42 bits per heavy atom. The molecular formula is C8H14F2O2. The van der Waals surface area contributed by atoms with E-state index in [9.17, 15) is 8.78 Å². The molecule has 72 valence electrons. The van der Waals surface area contributed by atoms with Crippen LogP contribution in [0.2, 0.25) is 0 Å². The second-order valence-corrected chi connectivity index (χ2v) is 3.61. The average Bonchev–Trinajstić information content (AvgIpc) is 2.13. The van der Waals surface area contributed by atoms with Gasteiger partial charge < -0.3 is 9.84 Å². The Balaban J connectivity index is 2.56. The van der Waals surface area contributed by atoms with Crippen LogP contribution in [-0.2, 0) is 4.74 Å². The number of hydrogen-bond donors (Lipinski definition) is 1. The van der Waals surface area contributed by atoms with Gasteiger partial charge in [-0.1, -0.05) is 0 Å². The van der Waals surface area contributed by atoms with Gasteiger partial charge in [0.05, 0.1) is 12.2 Å². The van der Waals surface area contributed by atoms with E-state index in [2.05, 4.69) is 0 Å². The minimum Gasteiger partial charge on any atom is -0.393 e. The van der Waals surface area contributed by atoms with E-state index in [0.29, 0.717) is 12.8 Å². The maximum Gasteiger partial charge on any atom is 0.271 e. The van der Waals surface area contributed by atoms with Crippen molar-refractivity contribution < 1.29 is 18.6 Å². The van der Waals surface area contributed by atoms with Gasteiger partial charge in [-0.05, 0) is 19.8 Å². The van der Waals surface area contributed by atoms with Crippen LogP contribution >= 0.6 is 0 Å². The molecular weight excluding hydrogens is 166 g/mol. The maximum absolute atomic E-state index is 12.7. The first-order valence-corrected chi connectivity index (χ1v) is 4.10. The Kier molecular flexibility index (Phi) is 2.68. The SMILES string of the molecule is C[C@]1(CO)CCCC(F)(F)CO1. The molecule has 0 saturated carbocycles. The number of hydrogen-bond acceptors (Lipinski definition) is 2. The van der Waals surface area contributed by atoms with Crippen molar-refractivity contribution in [3.05, 3.63) is 0 Å². The van der Waals surface area contributed by atoms with E-state index in [0.717, 1.165) is 0 Å². The third-order valence-electron chi connectivity index (χ3n) is 2.21. The molecule has 1 atom stereocenters. The first kappa shape index (κ1) is 9.86. The number of ether oxygens (including phenoxy) is 1. The van der Waals surface area contributed by atoms with E-state index in [1.54, 1.807) is 6.92 Å². The van der Waals surface area contributed by atoms with Gasteiger partial charge in [0, 0.05) is 6.42 Å². The zero-order valence-corrected chi connectivity index (χ0v) is 7.15. The molecule has 1 heterocycles. The lowest BCUT2D eigenvalue weighted by Gasteiger charge is -2.25. The van der Waals surface area contributed by atoms with E-state index < -0.39 is 18.1 Å². The molecule has 1 aliphatic rings. The van der Waals surface area contributed by atoms with Crippen LogP contribution in [-0.4, -0.2) is 29.8 Å². The molecule has 1 rings (SSSR count). The Labute approximate surface area is 70.5 Å². The van der Waals surface area contributed by atoms with Gasteiger partial charge in [0.15, 0.2) is 0 Å².